The van der Waals surface area contributed by atoms with E-state index < -0.39 is 12.0 Å². The number of hydrogen-bond acceptors (Lipinski definition) is 7. The molecule has 1 saturated carbocycles. The topological polar surface area (TPSA) is 121 Å². The molecular formula is C30H44N4O6. The van der Waals surface area contributed by atoms with Crippen LogP contribution >= 0.6 is 0 Å². The average Bonchev–Trinajstić information content (AvgIpc) is 3.37. The maximum atomic E-state index is 13.5. The van der Waals surface area contributed by atoms with Crippen LogP contribution in [-0.4, -0.2) is 61.5 Å². The molecule has 3 rings (SSSR count). The van der Waals surface area contributed by atoms with Crippen molar-refractivity contribution in [3.63, 3.8) is 0 Å². The number of nitrogens with one attached hydrogen (secondary N) is 2. The lowest BCUT2D eigenvalue weighted by molar-refractivity contribution is -0.141. The van der Waals surface area contributed by atoms with Gasteiger partial charge in [-0.3, -0.25) is 19.1 Å². The van der Waals surface area contributed by atoms with Crippen LogP contribution in [-0.2, 0) is 20.9 Å². The maximum absolute atomic E-state index is 13.5. The lowest BCUT2D eigenvalue weighted by atomic mass is 9.85. The van der Waals surface area contributed by atoms with E-state index in [-0.39, 0.29) is 36.4 Å². The van der Waals surface area contributed by atoms with Crippen molar-refractivity contribution in [1.29, 1.82) is 0 Å². The van der Waals surface area contributed by atoms with Crippen molar-refractivity contribution >= 4 is 17.8 Å². The molecular weight excluding hydrogens is 512 g/mol. The summed E-state index contributed by atoms with van der Waals surface area (Å²) in [5, 5.41) is 10.3. The van der Waals surface area contributed by atoms with Gasteiger partial charge in [-0.05, 0) is 42.9 Å². The highest BCUT2D eigenvalue weighted by Gasteiger charge is 2.25. The van der Waals surface area contributed by atoms with E-state index in [1.165, 1.54) is 39.2 Å². The predicted octanol–water partition coefficient (Wildman–Crippen LogP) is 4.36. The van der Waals surface area contributed by atoms with Crippen LogP contribution in [0.25, 0.3) is 11.3 Å². The maximum Gasteiger partial charge on any atom is 0.325 e. The molecule has 1 aliphatic carbocycles. The molecule has 1 aromatic carbocycles. The van der Waals surface area contributed by atoms with Gasteiger partial charge in [0.25, 0.3) is 5.91 Å². The van der Waals surface area contributed by atoms with Crippen LogP contribution in [0.15, 0.2) is 24.3 Å². The Balaban J connectivity index is 1.84. The number of ether oxygens (including phenoxy) is 3. The Morgan fingerprint density at radius 2 is 1.73 bits per heavy atom. The van der Waals surface area contributed by atoms with E-state index in [1.807, 2.05) is 18.2 Å². The van der Waals surface area contributed by atoms with Gasteiger partial charge < -0.3 is 24.8 Å². The number of carbonyl (C=O) groups is 3. The summed E-state index contributed by atoms with van der Waals surface area (Å²) in [5.41, 5.74) is 1.68. The van der Waals surface area contributed by atoms with Crippen LogP contribution in [0.4, 0.5) is 0 Å². The first-order valence-corrected chi connectivity index (χ1v) is 14.2. The molecule has 0 radical (unpaired) electrons. The van der Waals surface area contributed by atoms with Crippen molar-refractivity contribution in [2.24, 2.45) is 11.8 Å². The van der Waals surface area contributed by atoms with Crippen LogP contribution in [0.2, 0.25) is 0 Å². The minimum atomic E-state index is -0.522. The molecule has 1 atom stereocenters. The van der Waals surface area contributed by atoms with Crippen LogP contribution < -0.4 is 20.1 Å². The number of nitrogens with zero attached hydrogens (tertiary/aromatic N) is 2. The molecule has 0 bridgehead atoms. The number of esters is 1. The predicted molar refractivity (Wildman–Crippen MR) is 152 cm³/mol. The van der Waals surface area contributed by atoms with Crippen molar-refractivity contribution in [2.45, 2.75) is 77.8 Å². The van der Waals surface area contributed by atoms with Gasteiger partial charge in [-0.15, -0.1) is 0 Å². The summed E-state index contributed by atoms with van der Waals surface area (Å²) in [5.74, 6) is 0.910. The van der Waals surface area contributed by atoms with Crippen LogP contribution in [0.3, 0.4) is 0 Å². The van der Waals surface area contributed by atoms with Gasteiger partial charge in [0.1, 0.15) is 18.0 Å². The Morgan fingerprint density at radius 3 is 2.33 bits per heavy atom. The fourth-order valence-corrected chi connectivity index (χ4v) is 5.25. The zero-order valence-electron chi connectivity index (χ0n) is 24.5. The van der Waals surface area contributed by atoms with Crippen molar-refractivity contribution in [3.8, 4) is 22.8 Å². The molecule has 2 aromatic rings. The normalized spacial score (nSPS) is 14.4. The molecule has 220 valence electrons. The monoisotopic (exact) mass is 556 g/mol. The third kappa shape index (κ3) is 8.72. The summed E-state index contributed by atoms with van der Waals surface area (Å²) in [6, 6.07) is 6.89. The van der Waals surface area contributed by atoms with Gasteiger partial charge in [0.05, 0.1) is 32.6 Å². The second kappa shape index (κ2) is 15.3. The largest absolute Gasteiger partial charge is 0.496 e. The summed E-state index contributed by atoms with van der Waals surface area (Å²) in [4.78, 5) is 37.6. The quantitative estimate of drug-likeness (QED) is 0.332. The average molecular weight is 557 g/mol. The minimum Gasteiger partial charge on any atom is -0.496 e. The number of methoxy groups -OCH3 is 3. The summed E-state index contributed by atoms with van der Waals surface area (Å²) >= 11 is 0. The number of benzene rings is 1. The van der Waals surface area contributed by atoms with Gasteiger partial charge in [0.2, 0.25) is 5.91 Å². The van der Waals surface area contributed by atoms with Gasteiger partial charge in [0, 0.05) is 19.0 Å². The van der Waals surface area contributed by atoms with Gasteiger partial charge in [-0.25, -0.2) is 0 Å². The Hall–Kier alpha value is -3.56. The number of hydrogen-bond donors (Lipinski definition) is 2. The van der Waals surface area contributed by atoms with Gasteiger partial charge >= 0.3 is 5.97 Å². The lowest BCUT2D eigenvalue weighted by Gasteiger charge is -2.24. The van der Waals surface area contributed by atoms with Crippen molar-refractivity contribution < 1.29 is 28.6 Å². The fourth-order valence-electron chi connectivity index (χ4n) is 5.25. The highest BCUT2D eigenvalue weighted by molar-refractivity contribution is 5.94. The van der Waals surface area contributed by atoms with Gasteiger partial charge in [0.15, 0.2) is 5.69 Å². The summed E-state index contributed by atoms with van der Waals surface area (Å²) in [7, 11) is 4.46. The Kier molecular flexibility index (Phi) is 11.8. The van der Waals surface area contributed by atoms with Crippen molar-refractivity contribution in [2.75, 3.05) is 27.9 Å². The molecule has 2 amide bonds. The molecule has 0 saturated heterocycles. The van der Waals surface area contributed by atoms with Crippen molar-refractivity contribution in [3.05, 3.63) is 30.0 Å². The highest BCUT2D eigenvalue weighted by Crippen LogP contribution is 2.39. The molecule has 1 aromatic heterocycles. The molecule has 0 spiro atoms. The van der Waals surface area contributed by atoms with E-state index in [2.05, 4.69) is 34.3 Å². The number of rotatable bonds is 14. The van der Waals surface area contributed by atoms with E-state index in [4.69, 9.17) is 9.47 Å². The second-order valence-corrected chi connectivity index (χ2v) is 10.8. The third-order valence-electron chi connectivity index (χ3n) is 7.31. The fraction of sp³-hybridized carbons (Fsp3) is 0.600. The second-order valence-electron chi connectivity index (χ2n) is 10.8. The summed E-state index contributed by atoms with van der Waals surface area (Å²) in [6.45, 7) is 4.55. The van der Waals surface area contributed by atoms with E-state index in [0.29, 0.717) is 36.1 Å². The smallest absolute Gasteiger partial charge is 0.325 e. The number of carbonyl (C=O) groups excluding carboxylic acids is 3. The number of aromatic nitrogens is 2. The molecule has 1 fully saturated rings. The van der Waals surface area contributed by atoms with Gasteiger partial charge in [-0.2, -0.15) is 5.10 Å². The zero-order chi connectivity index (χ0) is 29.1. The molecule has 0 aliphatic heterocycles. The minimum absolute atomic E-state index is 0.0648. The molecule has 10 nitrogen and oxygen atoms in total. The Labute approximate surface area is 237 Å². The molecule has 2 N–H and O–H groups in total. The van der Waals surface area contributed by atoms with E-state index >= 15 is 0 Å². The first-order valence-electron chi connectivity index (χ1n) is 14.2. The summed E-state index contributed by atoms with van der Waals surface area (Å²) < 4.78 is 17.7. The third-order valence-corrected chi connectivity index (χ3v) is 7.31. The Bertz CT molecular complexity index is 1120. The van der Waals surface area contributed by atoms with Gasteiger partial charge in [-0.1, -0.05) is 52.0 Å². The van der Waals surface area contributed by atoms with Crippen molar-refractivity contribution in [1.82, 2.24) is 20.4 Å². The van der Waals surface area contributed by atoms with E-state index in [0.717, 1.165) is 12.0 Å². The first-order chi connectivity index (χ1) is 19.2. The highest BCUT2D eigenvalue weighted by atomic mass is 16.5. The molecule has 1 unspecified atom stereocenters. The van der Waals surface area contributed by atoms with E-state index in [1.54, 1.807) is 25.0 Å². The Morgan fingerprint density at radius 1 is 1.05 bits per heavy atom. The van der Waals surface area contributed by atoms with Crippen LogP contribution in [0.5, 0.6) is 11.5 Å². The van der Waals surface area contributed by atoms with Crippen LogP contribution in [0.1, 0.15) is 75.7 Å². The van der Waals surface area contributed by atoms with E-state index in [9.17, 15) is 14.4 Å². The standard InChI is InChI=1S/C30H44N4O6/c1-20(2)19-34-24(29-25(38-3)12-9-13-26(29)39-4)17-23(33-34)30(37)32-22(15-14-21-10-7-6-8-11-21)16-27(35)31-18-28(36)40-5/h9,12-13,17,20-22H,6-8,10-11,14-16,18-19H2,1-5H3,(H,31,35)(H,32,37). The zero-order valence-corrected chi connectivity index (χ0v) is 24.5. The van der Waals surface area contributed by atoms with Crippen LogP contribution in [0, 0.1) is 11.8 Å². The number of amides is 2. The molecule has 40 heavy (non-hydrogen) atoms. The summed E-state index contributed by atoms with van der Waals surface area (Å²) in [6.07, 6.45) is 7.74. The molecule has 1 heterocycles. The molecule has 1 aliphatic rings. The first kappa shape index (κ1) is 31.0. The SMILES string of the molecule is COC(=O)CNC(=O)CC(CCC1CCCCC1)NC(=O)c1cc(-c2c(OC)cccc2OC)n(CC(C)C)n1. The lowest BCUT2D eigenvalue weighted by Crippen LogP contribution is -2.40. The molecule has 10 heteroatoms.